The number of ether oxygens (including phenoxy) is 7. The Morgan fingerprint density at radius 1 is 1.15 bits per heavy atom. The SMILES string of the molecule is C=C(C)Oc1cc(OC)cc(C(=O)OC2COC(O)C[C@H](N)c3cc(O)c(c(Cl)c3)O[C@@H]3C=C2C#CC2=CC=CC23O[C@@H]2OC(C)(C)[C@@H](N(C)C)[C@@H](O)[C@H]2O)c1NC=O. The van der Waals surface area contributed by atoms with Crippen molar-refractivity contribution in [3.63, 3.8) is 0 Å². The number of fused-ring (bicyclic) bond motifs is 8. The summed E-state index contributed by atoms with van der Waals surface area (Å²) in [5.74, 6) is 4.99. The van der Waals surface area contributed by atoms with E-state index in [1.54, 1.807) is 58.0 Å². The van der Waals surface area contributed by atoms with Gasteiger partial charge in [-0.2, -0.15) is 0 Å². The summed E-state index contributed by atoms with van der Waals surface area (Å²) in [7, 11) is 4.89. The molecule has 4 bridgehead atoms. The summed E-state index contributed by atoms with van der Waals surface area (Å²) in [6.07, 6.45) is -1.99. The van der Waals surface area contributed by atoms with E-state index in [0.29, 0.717) is 17.5 Å². The molecule has 9 atom stereocenters. The van der Waals surface area contributed by atoms with Crippen LogP contribution < -0.4 is 25.3 Å². The van der Waals surface area contributed by atoms with Crippen molar-refractivity contribution < 1.29 is 63.2 Å². The van der Waals surface area contributed by atoms with Crippen LogP contribution in [0.4, 0.5) is 5.69 Å². The molecular weight excluding hydrogens is 790 g/mol. The maximum atomic E-state index is 14.2. The number of amides is 1. The number of esters is 1. The number of methoxy groups -OCH3 is 1. The number of hydrogen-bond acceptors (Lipinski definition) is 15. The standard InChI is InChI=1S/C42H48ClN3O13/c1-21(2)55-30-17-25(53-7)16-26(34(30)45-20-47)39(52)56-31-19-54-33(49)18-28(44)23-13-27(43)37(29(48)14-23)57-32-15-22(31)10-11-24-9-8-12-42(24,32)59-40-36(51)35(50)38(46(5)6)41(3,4)58-40/h8-9,12-17,20,28,31-33,35-36,38,40,48-51H,1,18-19,44H2,2-7H3,(H,45,47)/t28-,31?,32+,33?,35-,36+,38-,40-,42?/m0/s1. The van der Waals surface area contributed by atoms with E-state index in [-0.39, 0.29) is 51.3 Å². The molecule has 7 N–H and O–H groups in total. The van der Waals surface area contributed by atoms with Crippen LogP contribution in [0.3, 0.4) is 0 Å². The number of rotatable bonds is 10. The number of carbonyl (C=O) groups is 2. The number of phenolic OH excluding ortho intramolecular Hbond substituents is 1. The van der Waals surface area contributed by atoms with Crippen LogP contribution in [0.5, 0.6) is 23.0 Å². The van der Waals surface area contributed by atoms with Crippen molar-refractivity contribution in [2.75, 3.05) is 33.1 Å². The number of aliphatic hydroxyl groups excluding tert-OH is 3. The van der Waals surface area contributed by atoms with Crippen LogP contribution in [0.15, 0.2) is 72.1 Å². The summed E-state index contributed by atoms with van der Waals surface area (Å²) in [5.41, 5.74) is 4.14. The van der Waals surface area contributed by atoms with Crippen molar-refractivity contribution in [3.05, 3.63) is 88.2 Å². The van der Waals surface area contributed by atoms with Gasteiger partial charge in [0.25, 0.3) is 0 Å². The molecule has 0 radical (unpaired) electrons. The number of halogens is 1. The minimum Gasteiger partial charge on any atom is -0.504 e. The van der Waals surface area contributed by atoms with E-state index < -0.39 is 78.6 Å². The van der Waals surface area contributed by atoms with Gasteiger partial charge in [0.05, 0.1) is 47.4 Å². The molecule has 3 aliphatic heterocycles. The summed E-state index contributed by atoms with van der Waals surface area (Å²) in [6, 6.07) is 4.09. The van der Waals surface area contributed by atoms with Crippen LogP contribution in [0.2, 0.25) is 5.02 Å². The Balaban J connectivity index is 1.49. The van der Waals surface area contributed by atoms with Gasteiger partial charge in [0.1, 0.15) is 18.0 Å². The lowest BCUT2D eigenvalue weighted by Gasteiger charge is -2.51. The summed E-state index contributed by atoms with van der Waals surface area (Å²) in [4.78, 5) is 27.7. The molecule has 17 heteroatoms. The zero-order chi connectivity index (χ0) is 43.0. The molecule has 0 aromatic heterocycles. The molecule has 5 aliphatic rings. The minimum atomic E-state index is -1.72. The monoisotopic (exact) mass is 837 g/mol. The molecule has 16 nitrogen and oxygen atoms in total. The van der Waals surface area contributed by atoms with Crippen molar-refractivity contribution in [2.45, 2.75) is 87.5 Å². The Kier molecular flexibility index (Phi) is 12.8. The van der Waals surface area contributed by atoms with Gasteiger partial charge in [0, 0.05) is 29.7 Å². The fraction of sp³-hybridized carbons (Fsp3) is 0.429. The smallest absolute Gasteiger partial charge is 0.341 e. The zero-order valence-electron chi connectivity index (χ0n) is 33.3. The highest BCUT2D eigenvalue weighted by atomic mass is 35.5. The third kappa shape index (κ3) is 8.85. The van der Waals surface area contributed by atoms with Gasteiger partial charge in [0.15, 0.2) is 47.6 Å². The Hall–Kier alpha value is -4.93. The van der Waals surface area contributed by atoms with Crippen molar-refractivity contribution in [1.29, 1.82) is 0 Å². The van der Waals surface area contributed by atoms with Gasteiger partial charge in [-0.15, -0.1) is 0 Å². The van der Waals surface area contributed by atoms with E-state index in [9.17, 15) is 30.0 Å². The molecule has 1 saturated heterocycles. The van der Waals surface area contributed by atoms with Gasteiger partial charge in [0.2, 0.25) is 6.41 Å². The fourth-order valence-electron chi connectivity index (χ4n) is 7.65. The third-order valence-electron chi connectivity index (χ3n) is 10.3. The molecule has 1 fully saturated rings. The molecule has 0 saturated carbocycles. The largest absolute Gasteiger partial charge is 0.504 e. The highest BCUT2D eigenvalue weighted by Gasteiger charge is 2.55. The number of benzene rings is 2. The summed E-state index contributed by atoms with van der Waals surface area (Å²) in [5, 5.41) is 47.7. The predicted molar refractivity (Wildman–Crippen MR) is 214 cm³/mol. The zero-order valence-corrected chi connectivity index (χ0v) is 34.1. The molecule has 2 aromatic carbocycles. The van der Waals surface area contributed by atoms with Crippen LogP contribution in [0.25, 0.3) is 0 Å². The third-order valence-corrected chi connectivity index (χ3v) is 10.6. The number of hydrogen-bond donors (Lipinski definition) is 6. The van der Waals surface area contributed by atoms with Gasteiger partial charge in [-0.3, -0.25) is 4.79 Å². The van der Waals surface area contributed by atoms with Crippen molar-refractivity contribution in [2.24, 2.45) is 5.73 Å². The van der Waals surface area contributed by atoms with Crippen LogP contribution in [0, 0.1) is 11.8 Å². The Morgan fingerprint density at radius 2 is 1.90 bits per heavy atom. The van der Waals surface area contributed by atoms with Gasteiger partial charge in [-0.25, -0.2) is 4.79 Å². The number of nitrogens with zero attached hydrogens (tertiary/aromatic N) is 1. The molecule has 0 spiro atoms. The van der Waals surface area contributed by atoms with Gasteiger partial charge in [-0.05, 0) is 76.9 Å². The van der Waals surface area contributed by atoms with E-state index in [4.69, 9.17) is 50.5 Å². The average Bonchev–Trinajstić information content (AvgIpc) is 3.50. The second-order valence-corrected chi connectivity index (χ2v) is 15.6. The quantitative estimate of drug-likeness (QED) is 0.0876. The van der Waals surface area contributed by atoms with Crippen LogP contribution in [-0.2, 0) is 23.7 Å². The normalized spacial score (nSPS) is 29.6. The highest BCUT2D eigenvalue weighted by Crippen LogP contribution is 2.46. The maximum absolute atomic E-state index is 14.2. The van der Waals surface area contributed by atoms with Crippen molar-refractivity contribution in [3.8, 4) is 34.8 Å². The van der Waals surface area contributed by atoms with Gasteiger partial charge in [-0.1, -0.05) is 36.1 Å². The molecule has 3 heterocycles. The van der Waals surface area contributed by atoms with Crippen LogP contribution in [0.1, 0.15) is 49.2 Å². The summed E-state index contributed by atoms with van der Waals surface area (Å²) < 4.78 is 42.6. The number of nitrogens with one attached hydrogen (secondary N) is 1. The van der Waals surface area contributed by atoms with Gasteiger partial charge >= 0.3 is 5.97 Å². The first kappa shape index (κ1) is 43.6. The Bertz CT molecular complexity index is 2120. The van der Waals surface area contributed by atoms with E-state index in [0.717, 1.165) is 0 Å². The number of likely N-dealkylation sites (N-methyl/N-ethyl adjacent to an activating group) is 1. The molecular formula is C42H48ClN3O13. The average molecular weight is 838 g/mol. The van der Waals surface area contributed by atoms with Crippen LogP contribution >= 0.6 is 11.6 Å². The summed E-state index contributed by atoms with van der Waals surface area (Å²) in [6.45, 7) is 8.36. The fourth-order valence-corrected chi connectivity index (χ4v) is 7.92. The number of carbonyl (C=O) groups excluding carboxylic acids is 2. The second kappa shape index (κ2) is 17.3. The molecule has 2 aliphatic carbocycles. The lowest BCUT2D eigenvalue weighted by atomic mass is 9.85. The van der Waals surface area contributed by atoms with E-state index in [1.165, 1.54) is 37.5 Å². The first-order valence-corrected chi connectivity index (χ1v) is 19.0. The number of aliphatic hydroxyl groups is 3. The minimum absolute atomic E-state index is 0.0369. The second-order valence-electron chi connectivity index (χ2n) is 15.2. The van der Waals surface area contributed by atoms with Crippen LogP contribution in [-0.4, -0.2) is 120 Å². The lowest BCUT2D eigenvalue weighted by Crippen LogP contribution is -2.68. The molecule has 316 valence electrons. The molecule has 3 unspecified atom stereocenters. The number of anilines is 1. The first-order chi connectivity index (χ1) is 27.9. The number of aromatic hydroxyl groups is 1. The molecule has 7 rings (SSSR count). The number of nitrogens with two attached hydrogens (primary N) is 1. The summed E-state index contributed by atoms with van der Waals surface area (Å²) >= 11 is 6.75. The lowest BCUT2D eigenvalue weighted by molar-refractivity contribution is -0.329. The first-order valence-electron chi connectivity index (χ1n) is 18.6. The molecule has 2 aromatic rings. The predicted octanol–water partition coefficient (Wildman–Crippen LogP) is 3.23. The Morgan fingerprint density at radius 3 is 2.56 bits per heavy atom. The van der Waals surface area contributed by atoms with E-state index in [1.807, 2.05) is 0 Å². The Labute approximate surface area is 346 Å². The number of phenols is 1. The van der Waals surface area contributed by atoms with Gasteiger partial charge < -0.3 is 69.5 Å². The highest BCUT2D eigenvalue weighted by molar-refractivity contribution is 6.32. The van der Waals surface area contributed by atoms with E-state index in [2.05, 4.69) is 23.7 Å². The molecule has 1 amide bonds. The molecule has 59 heavy (non-hydrogen) atoms. The topological polar surface area (TPSA) is 221 Å². The van der Waals surface area contributed by atoms with Crippen molar-refractivity contribution >= 4 is 29.7 Å². The van der Waals surface area contributed by atoms with E-state index >= 15 is 0 Å². The maximum Gasteiger partial charge on any atom is 0.341 e. The van der Waals surface area contributed by atoms with Crippen molar-refractivity contribution in [1.82, 2.24) is 4.90 Å². The number of allylic oxidation sites excluding steroid dienone is 3.